The number of benzene rings is 1. The maximum atomic E-state index is 9.30. The summed E-state index contributed by atoms with van der Waals surface area (Å²) in [6.07, 6.45) is 1.56. The Bertz CT molecular complexity index is 482. The predicted octanol–water partition coefficient (Wildman–Crippen LogP) is 2.14. The van der Waals surface area contributed by atoms with Gasteiger partial charge >= 0.3 is 0 Å². The van der Waals surface area contributed by atoms with Crippen LogP contribution >= 0.6 is 0 Å². The van der Waals surface area contributed by atoms with Crippen molar-refractivity contribution in [3.8, 4) is 11.5 Å². The molecule has 0 bridgehead atoms. The van der Waals surface area contributed by atoms with Gasteiger partial charge in [-0.05, 0) is 13.0 Å². The molecule has 2 aromatic rings. The van der Waals surface area contributed by atoms with E-state index < -0.39 is 0 Å². The molecule has 0 aliphatic rings. The molecule has 0 saturated carbocycles. The van der Waals surface area contributed by atoms with Gasteiger partial charge in [-0.1, -0.05) is 17.3 Å². The van der Waals surface area contributed by atoms with E-state index in [-0.39, 0.29) is 13.2 Å². The van der Waals surface area contributed by atoms with Gasteiger partial charge in [0.1, 0.15) is 6.61 Å². The zero-order valence-electron chi connectivity index (χ0n) is 10.1. The topological polar surface area (TPSA) is 64.7 Å². The number of hydrogen-bond acceptors (Lipinski definition) is 5. The number of aliphatic hydroxyl groups is 1. The number of nitrogens with zero attached hydrogens (tertiary/aromatic N) is 1. The maximum absolute atomic E-state index is 9.30. The monoisotopic (exact) mass is 249 g/mol. The van der Waals surface area contributed by atoms with E-state index in [0.29, 0.717) is 29.4 Å². The Kier molecular flexibility index (Phi) is 4.20. The average Bonchev–Trinajstić information content (AvgIpc) is 2.90. The van der Waals surface area contributed by atoms with Crippen LogP contribution in [0.5, 0.6) is 11.5 Å². The Morgan fingerprint density at radius 1 is 1.28 bits per heavy atom. The Labute approximate surface area is 105 Å². The predicted molar refractivity (Wildman–Crippen MR) is 64.4 cm³/mol. The first kappa shape index (κ1) is 12.4. The van der Waals surface area contributed by atoms with Gasteiger partial charge in [0.25, 0.3) is 0 Å². The van der Waals surface area contributed by atoms with Gasteiger partial charge in [-0.2, -0.15) is 0 Å². The molecule has 0 saturated heterocycles. The van der Waals surface area contributed by atoms with Crippen molar-refractivity contribution in [2.24, 2.45) is 0 Å². The van der Waals surface area contributed by atoms with Crippen LogP contribution in [0.2, 0.25) is 0 Å². The first-order valence-electron chi connectivity index (χ1n) is 5.73. The van der Waals surface area contributed by atoms with Crippen molar-refractivity contribution in [3.63, 3.8) is 0 Å². The van der Waals surface area contributed by atoms with E-state index >= 15 is 0 Å². The summed E-state index contributed by atoms with van der Waals surface area (Å²) < 4.78 is 16.1. The van der Waals surface area contributed by atoms with Gasteiger partial charge in [-0.3, -0.25) is 0 Å². The SMILES string of the molecule is CCOc1cccc(CO)c1OCc1ccno1. The van der Waals surface area contributed by atoms with Crippen molar-refractivity contribution in [3.05, 3.63) is 41.8 Å². The summed E-state index contributed by atoms with van der Waals surface area (Å²) in [6, 6.07) is 7.14. The highest BCUT2D eigenvalue weighted by atomic mass is 16.5. The number of ether oxygens (including phenoxy) is 2. The summed E-state index contributed by atoms with van der Waals surface area (Å²) in [7, 11) is 0. The van der Waals surface area contributed by atoms with E-state index in [9.17, 15) is 5.11 Å². The molecule has 0 aliphatic carbocycles. The van der Waals surface area contributed by atoms with Crippen molar-refractivity contribution in [1.29, 1.82) is 0 Å². The summed E-state index contributed by atoms with van der Waals surface area (Å²) >= 11 is 0. The molecule has 1 aromatic carbocycles. The Hall–Kier alpha value is -2.01. The number of rotatable bonds is 6. The van der Waals surface area contributed by atoms with Crippen LogP contribution < -0.4 is 9.47 Å². The van der Waals surface area contributed by atoms with Crippen LogP contribution in [0, 0.1) is 0 Å². The molecule has 0 atom stereocenters. The molecule has 0 unspecified atom stereocenters. The zero-order chi connectivity index (χ0) is 12.8. The number of hydrogen-bond donors (Lipinski definition) is 1. The maximum Gasteiger partial charge on any atom is 0.174 e. The van der Waals surface area contributed by atoms with E-state index in [1.165, 1.54) is 0 Å². The summed E-state index contributed by atoms with van der Waals surface area (Å²) in [5.41, 5.74) is 0.681. The van der Waals surface area contributed by atoms with Gasteiger partial charge in [0.2, 0.25) is 0 Å². The van der Waals surface area contributed by atoms with Gasteiger partial charge in [-0.15, -0.1) is 0 Å². The third-order valence-electron chi connectivity index (χ3n) is 2.38. The number of aliphatic hydroxyl groups excluding tert-OH is 1. The van der Waals surface area contributed by atoms with E-state index in [1.54, 1.807) is 24.4 Å². The van der Waals surface area contributed by atoms with Crippen molar-refractivity contribution < 1.29 is 19.1 Å². The molecule has 5 heteroatoms. The van der Waals surface area contributed by atoms with Gasteiger partial charge < -0.3 is 19.1 Å². The molecule has 18 heavy (non-hydrogen) atoms. The number of para-hydroxylation sites is 1. The summed E-state index contributed by atoms with van der Waals surface area (Å²) in [6.45, 7) is 2.57. The molecule has 5 nitrogen and oxygen atoms in total. The third kappa shape index (κ3) is 2.81. The molecule has 96 valence electrons. The van der Waals surface area contributed by atoms with Crippen LogP contribution in [0.15, 0.2) is 35.0 Å². The molecule has 1 aromatic heterocycles. The molecule has 0 radical (unpaired) electrons. The molecule has 2 rings (SSSR count). The van der Waals surface area contributed by atoms with E-state index in [2.05, 4.69) is 5.16 Å². The molecule has 0 amide bonds. The smallest absolute Gasteiger partial charge is 0.174 e. The van der Waals surface area contributed by atoms with Crippen molar-refractivity contribution in [2.75, 3.05) is 6.61 Å². The minimum atomic E-state index is -0.105. The van der Waals surface area contributed by atoms with Crippen molar-refractivity contribution in [1.82, 2.24) is 5.16 Å². The highest BCUT2D eigenvalue weighted by molar-refractivity contribution is 5.46. The van der Waals surface area contributed by atoms with Crippen LogP contribution in [0.4, 0.5) is 0 Å². The third-order valence-corrected chi connectivity index (χ3v) is 2.38. The minimum Gasteiger partial charge on any atom is -0.490 e. The summed E-state index contributed by atoms with van der Waals surface area (Å²) in [4.78, 5) is 0. The fourth-order valence-electron chi connectivity index (χ4n) is 1.58. The minimum absolute atomic E-state index is 0.105. The fourth-order valence-corrected chi connectivity index (χ4v) is 1.58. The van der Waals surface area contributed by atoms with Gasteiger partial charge in [-0.25, -0.2) is 0 Å². The lowest BCUT2D eigenvalue weighted by molar-refractivity contribution is 0.220. The highest BCUT2D eigenvalue weighted by Gasteiger charge is 2.11. The van der Waals surface area contributed by atoms with Gasteiger partial charge in [0.05, 0.1) is 19.4 Å². The largest absolute Gasteiger partial charge is 0.490 e. The van der Waals surface area contributed by atoms with Crippen LogP contribution in [-0.4, -0.2) is 16.9 Å². The molecular weight excluding hydrogens is 234 g/mol. The lowest BCUT2D eigenvalue weighted by Crippen LogP contribution is -2.02. The normalized spacial score (nSPS) is 10.3. The standard InChI is InChI=1S/C13H15NO4/c1-2-16-12-5-3-4-10(8-15)13(12)17-9-11-6-7-14-18-11/h3-7,15H,2,8-9H2,1H3. The Balaban J connectivity index is 2.18. The summed E-state index contributed by atoms with van der Waals surface area (Å²) in [5.74, 6) is 1.77. The second-order valence-electron chi connectivity index (χ2n) is 3.60. The number of aromatic nitrogens is 1. The van der Waals surface area contributed by atoms with Crippen LogP contribution in [-0.2, 0) is 13.2 Å². The highest BCUT2D eigenvalue weighted by Crippen LogP contribution is 2.32. The van der Waals surface area contributed by atoms with Gasteiger partial charge in [0.15, 0.2) is 17.3 Å². The molecule has 1 N–H and O–H groups in total. The zero-order valence-corrected chi connectivity index (χ0v) is 10.1. The average molecular weight is 249 g/mol. The van der Waals surface area contributed by atoms with Crippen LogP contribution in [0.25, 0.3) is 0 Å². The first-order valence-corrected chi connectivity index (χ1v) is 5.73. The molecule has 0 aliphatic heterocycles. The molecular formula is C13H15NO4. The Morgan fingerprint density at radius 3 is 2.83 bits per heavy atom. The second-order valence-corrected chi connectivity index (χ2v) is 3.60. The van der Waals surface area contributed by atoms with Gasteiger partial charge in [0, 0.05) is 11.6 Å². The van der Waals surface area contributed by atoms with E-state index in [1.807, 2.05) is 13.0 Å². The first-order chi connectivity index (χ1) is 8.85. The molecule has 0 spiro atoms. The summed E-state index contributed by atoms with van der Waals surface area (Å²) in [5, 5.41) is 12.9. The quantitative estimate of drug-likeness (QED) is 0.849. The second kappa shape index (κ2) is 6.07. The van der Waals surface area contributed by atoms with E-state index in [0.717, 1.165) is 0 Å². The lowest BCUT2D eigenvalue weighted by atomic mass is 10.2. The molecule has 0 fully saturated rings. The fraction of sp³-hybridized carbons (Fsp3) is 0.308. The van der Waals surface area contributed by atoms with Crippen LogP contribution in [0.3, 0.4) is 0 Å². The van der Waals surface area contributed by atoms with Crippen molar-refractivity contribution >= 4 is 0 Å². The van der Waals surface area contributed by atoms with Crippen molar-refractivity contribution in [2.45, 2.75) is 20.1 Å². The Morgan fingerprint density at radius 2 is 2.17 bits per heavy atom. The van der Waals surface area contributed by atoms with E-state index in [4.69, 9.17) is 14.0 Å². The van der Waals surface area contributed by atoms with Crippen LogP contribution in [0.1, 0.15) is 18.2 Å². The lowest BCUT2D eigenvalue weighted by Gasteiger charge is -2.13. The molecule has 1 heterocycles.